The zero-order valence-electron chi connectivity index (χ0n) is 14.9. The average molecular weight is 329 g/mol. The standard InChI is InChI=1S/C16H32O3Si2/c1-10-13(20(5,6)7)14-12(11-18-15(14)17)19-21(8,9)16(2,3)4/h1,12-15,17H,11H2,2-9H3/t12-,13-,14+,15?/m0/s1. The molecule has 1 heterocycles. The first-order chi connectivity index (χ1) is 9.31. The highest BCUT2D eigenvalue weighted by Gasteiger charge is 2.49. The Balaban J connectivity index is 3.00. The van der Waals surface area contributed by atoms with Crippen LogP contribution in [0.2, 0.25) is 43.3 Å². The van der Waals surface area contributed by atoms with E-state index < -0.39 is 22.7 Å². The van der Waals surface area contributed by atoms with Gasteiger partial charge >= 0.3 is 0 Å². The third kappa shape index (κ3) is 4.20. The number of rotatable bonds is 4. The lowest BCUT2D eigenvalue weighted by Crippen LogP contribution is -2.48. The third-order valence-corrected chi connectivity index (χ3v) is 11.9. The molecule has 1 aliphatic heterocycles. The van der Waals surface area contributed by atoms with Gasteiger partial charge in [-0.2, -0.15) is 0 Å². The van der Waals surface area contributed by atoms with Crippen LogP contribution in [0, 0.1) is 18.3 Å². The Morgan fingerprint density at radius 2 is 1.76 bits per heavy atom. The van der Waals surface area contributed by atoms with Gasteiger partial charge in [0.2, 0.25) is 0 Å². The van der Waals surface area contributed by atoms with Gasteiger partial charge in [0.1, 0.15) is 0 Å². The van der Waals surface area contributed by atoms with E-state index in [-0.39, 0.29) is 22.6 Å². The maximum absolute atomic E-state index is 10.3. The van der Waals surface area contributed by atoms with E-state index in [2.05, 4.69) is 59.4 Å². The quantitative estimate of drug-likeness (QED) is 0.632. The van der Waals surface area contributed by atoms with Gasteiger partial charge in [0.15, 0.2) is 14.6 Å². The summed E-state index contributed by atoms with van der Waals surface area (Å²) in [5.74, 6) is 2.82. The molecule has 0 saturated carbocycles. The summed E-state index contributed by atoms with van der Waals surface area (Å²) < 4.78 is 12.0. The van der Waals surface area contributed by atoms with Crippen molar-refractivity contribution in [2.45, 2.75) is 76.5 Å². The Bertz CT molecular complexity index is 401. The molecule has 1 aliphatic rings. The number of aliphatic hydroxyl groups excluding tert-OH is 1. The highest BCUT2D eigenvalue weighted by Crippen LogP contribution is 2.43. The smallest absolute Gasteiger partial charge is 0.192 e. The van der Waals surface area contributed by atoms with E-state index in [1.54, 1.807) is 0 Å². The van der Waals surface area contributed by atoms with Gasteiger partial charge in [0, 0.05) is 11.5 Å². The summed E-state index contributed by atoms with van der Waals surface area (Å²) in [6.45, 7) is 18.3. The molecular formula is C16H32O3Si2. The van der Waals surface area contributed by atoms with Crippen LogP contribution >= 0.6 is 0 Å². The van der Waals surface area contributed by atoms with Gasteiger partial charge in [-0.1, -0.05) is 40.4 Å². The number of hydrogen-bond donors (Lipinski definition) is 1. The molecule has 3 nitrogen and oxygen atoms in total. The van der Waals surface area contributed by atoms with E-state index in [4.69, 9.17) is 15.6 Å². The molecule has 0 aliphatic carbocycles. The van der Waals surface area contributed by atoms with Crippen molar-refractivity contribution in [1.82, 2.24) is 0 Å². The zero-order valence-corrected chi connectivity index (χ0v) is 16.9. The predicted molar refractivity (Wildman–Crippen MR) is 93.4 cm³/mol. The van der Waals surface area contributed by atoms with Crippen molar-refractivity contribution >= 4 is 16.4 Å². The van der Waals surface area contributed by atoms with Gasteiger partial charge in [-0.25, -0.2) is 0 Å². The van der Waals surface area contributed by atoms with Crippen molar-refractivity contribution in [3.63, 3.8) is 0 Å². The van der Waals surface area contributed by atoms with Crippen LogP contribution in [0.1, 0.15) is 20.8 Å². The number of hydrogen-bond acceptors (Lipinski definition) is 3. The fourth-order valence-corrected chi connectivity index (χ4v) is 5.95. The van der Waals surface area contributed by atoms with Crippen molar-refractivity contribution in [1.29, 1.82) is 0 Å². The summed E-state index contributed by atoms with van der Waals surface area (Å²) in [4.78, 5) is 0. The topological polar surface area (TPSA) is 38.7 Å². The molecule has 1 N–H and O–H groups in total. The van der Waals surface area contributed by atoms with E-state index in [1.807, 2.05) is 0 Å². The lowest BCUT2D eigenvalue weighted by Gasteiger charge is -2.41. The third-order valence-electron chi connectivity index (χ3n) is 4.94. The maximum atomic E-state index is 10.3. The summed E-state index contributed by atoms with van der Waals surface area (Å²) >= 11 is 0. The van der Waals surface area contributed by atoms with Crippen LogP contribution in [-0.4, -0.2) is 40.5 Å². The Kier molecular flexibility index (Phi) is 5.56. The molecule has 21 heavy (non-hydrogen) atoms. The maximum Gasteiger partial charge on any atom is 0.192 e. The van der Waals surface area contributed by atoms with Gasteiger partial charge in [-0.05, 0) is 18.1 Å². The molecule has 1 fully saturated rings. The minimum atomic E-state index is -1.90. The summed E-state index contributed by atoms with van der Waals surface area (Å²) in [6, 6.07) is 0. The van der Waals surface area contributed by atoms with E-state index in [0.29, 0.717) is 6.61 Å². The summed E-state index contributed by atoms with van der Waals surface area (Å²) in [7, 11) is -3.50. The fraction of sp³-hybridized carbons (Fsp3) is 0.875. The Hall–Kier alpha value is -0.126. The molecule has 0 aromatic rings. The Morgan fingerprint density at radius 3 is 2.14 bits per heavy atom. The van der Waals surface area contributed by atoms with Gasteiger partial charge in [0.05, 0.1) is 20.8 Å². The van der Waals surface area contributed by atoms with E-state index in [9.17, 15) is 5.11 Å². The van der Waals surface area contributed by atoms with Crippen LogP contribution in [0.5, 0.6) is 0 Å². The number of terminal acetylenes is 1. The molecule has 5 heteroatoms. The molecule has 1 unspecified atom stereocenters. The molecule has 122 valence electrons. The minimum Gasteiger partial charge on any atom is -0.411 e. The van der Waals surface area contributed by atoms with Crippen molar-refractivity contribution in [2.24, 2.45) is 5.92 Å². The first kappa shape index (κ1) is 18.9. The van der Waals surface area contributed by atoms with Gasteiger partial charge in [-0.15, -0.1) is 12.3 Å². The van der Waals surface area contributed by atoms with Crippen LogP contribution < -0.4 is 0 Å². The highest BCUT2D eigenvalue weighted by molar-refractivity contribution is 6.78. The van der Waals surface area contributed by atoms with Gasteiger partial charge in [-0.3, -0.25) is 0 Å². The van der Waals surface area contributed by atoms with E-state index in [1.165, 1.54) is 0 Å². The van der Waals surface area contributed by atoms with Crippen LogP contribution in [0.3, 0.4) is 0 Å². The molecule has 0 radical (unpaired) electrons. The second-order valence-corrected chi connectivity index (χ2v) is 18.8. The zero-order chi connectivity index (χ0) is 16.6. The summed E-state index contributed by atoms with van der Waals surface area (Å²) in [5, 5.41) is 10.4. The van der Waals surface area contributed by atoms with Crippen molar-refractivity contribution < 1.29 is 14.3 Å². The molecule has 0 spiro atoms. The largest absolute Gasteiger partial charge is 0.411 e. The lowest BCUT2D eigenvalue weighted by molar-refractivity contribution is -0.0815. The lowest BCUT2D eigenvalue weighted by atomic mass is 10.0. The van der Waals surface area contributed by atoms with Crippen LogP contribution in [0.15, 0.2) is 0 Å². The molecule has 1 rings (SSSR count). The number of aliphatic hydroxyl groups is 1. The van der Waals surface area contributed by atoms with E-state index in [0.717, 1.165) is 0 Å². The predicted octanol–water partition coefficient (Wildman–Crippen LogP) is 3.68. The molecular weight excluding hydrogens is 296 g/mol. The molecule has 4 atom stereocenters. The molecule has 1 saturated heterocycles. The monoisotopic (exact) mass is 328 g/mol. The second-order valence-electron chi connectivity index (χ2n) is 8.73. The molecule has 0 amide bonds. The molecule has 0 bridgehead atoms. The first-order valence-corrected chi connectivity index (χ1v) is 14.2. The van der Waals surface area contributed by atoms with Gasteiger partial charge < -0.3 is 14.3 Å². The molecule has 0 aromatic heterocycles. The fourth-order valence-electron chi connectivity index (χ4n) is 2.58. The molecule has 0 aromatic carbocycles. The SMILES string of the molecule is C#C[C@@H]([C@@H]1C(O)OC[C@@H]1O[Si](C)(C)C(C)(C)C)[Si](C)(C)C. The minimum absolute atomic E-state index is 0.0600. The number of ether oxygens (including phenoxy) is 1. The normalized spacial score (nSPS) is 29.2. The van der Waals surface area contributed by atoms with Crippen LogP contribution in [-0.2, 0) is 9.16 Å². The van der Waals surface area contributed by atoms with Gasteiger partial charge in [0.25, 0.3) is 0 Å². The van der Waals surface area contributed by atoms with Crippen molar-refractivity contribution in [3.8, 4) is 12.3 Å². The first-order valence-electron chi connectivity index (χ1n) is 7.75. The van der Waals surface area contributed by atoms with Crippen LogP contribution in [0.25, 0.3) is 0 Å². The second kappa shape index (κ2) is 6.17. The van der Waals surface area contributed by atoms with Crippen molar-refractivity contribution in [2.75, 3.05) is 6.61 Å². The average Bonchev–Trinajstić information content (AvgIpc) is 2.58. The van der Waals surface area contributed by atoms with Crippen LogP contribution in [0.4, 0.5) is 0 Å². The summed E-state index contributed by atoms with van der Waals surface area (Å²) in [5.41, 5.74) is 0.0600. The van der Waals surface area contributed by atoms with E-state index >= 15 is 0 Å². The Morgan fingerprint density at radius 1 is 1.24 bits per heavy atom. The Labute approximate surface area is 132 Å². The van der Waals surface area contributed by atoms with Crippen molar-refractivity contribution in [3.05, 3.63) is 0 Å². The summed E-state index contributed by atoms with van der Waals surface area (Å²) in [6.07, 6.45) is 4.90. The highest BCUT2D eigenvalue weighted by atomic mass is 28.4.